The molecular weight excluding hydrogens is 428 g/mol. The molecule has 1 heterocycles. The Morgan fingerprint density at radius 1 is 1.26 bits per heavy atom. The first kappa shape index (κ1) is 18.0. The molecule has 0 fully saturated rings. The lowest BCUT2D eigenvalue weighted by Gasteiger charge is -2.18. The van der Waals surface area contributed by atoms with Crippen LogP contribution < -0.4 is 9.47 Å². The number of nitrogens with one attached hydrogen (secondary N) is 1. The molecule has 23 heavy (non-hydrogen) atoms. The van der Waals surface area contributed by atoms with Crippen molar-refractivity contribution in [2.75, 3.05) is 34.4 Å². The van der Waals surface area contributed by atoms with E-state index in [9.17, 15) is 4.79 Å². The van der Waals surface area contributed by atoms with Gasteiger partial charge in [-0.3, -0.25) is 4.79 Å². The summed E-state index contributed by atoms with van der Waals surface area (Å²) < 4.78 is 12.7. The van der Waals surface area contributed by atoms with Crippen LogP contribution in [0, 0.1) is 0 Å². The van der Waals surface area contributed by atoms with Crippen LogP contribution in [0.4, 0.5) is 0 Å². The first-order chi connectivity index (χ1) is 11.0. The summed E-state index contributed by atoms with van der Waals surface area (Å²) >= 11 is 6.91. The summed E-state index contributed by atoms with van der Waals surface area (Å²) in [6.45, 7) is 1.20. The molecule has 0 aliphatic rings. The van der Waals surface area contributed by atoms with Crippen LogP contribution >= 0.6 is 31.9 Å². The fourth-order valence-corrected chi connectivity index (χ4v) is 3.51. The van der Waals surface area contributed by atoms with E-state index in [1.807, 2.05) is 25.1 Å². The molecule has 0 radical (unpaired) electrons. The van der Waals surface area contributed by atoms with Gasteiger partial charge in [0.2, 0.25) is 5.78 Å². The molecule has 0 aliphatic heterocycles. The van der Waals surface area contributed by atoms with Crippen LogP contribution in [0.5, 0.6) is 11.5 Å². The van der Waals surface area contributed by atoms with Crippen LogP contribution in [0.15, 0.2) is 33.3 Å². The lowest BCUT2D eigenvalue weighted by atomic mass is 10.1. The van der Waals surface area contributed by atoms with Gasteiger partial charge in [0, 0.05) is 12.7 Å². The van der Waals surface area contributed by atoms with Crippen LogP contribution in [0.3, 0.4) is 0 Å². The normalized spacial score (nSPS) is 10.9. The zero-order chi connectivity index (χ0) is 17.0. The minimum atomic E-state index is -0.186. The van der Waals surface area contributed by atoms with Crippen LogP contribution in [0.2, 0.25) is 0 Å². The number of aromatic nitrogens is 1. The number of H-pyrrole nitrogens is 1. The number of likely N-dealkylation sites (N-methyl/N-ethyl adjacent to an activating group) is 1. The van der Waals surface area contributed by atoms with Crippen LogP contribution in [-0.4, -0.2) is 50.0 Å². The quantitative estimate of drug-likeness (QED) is 0.660. The van der Waals surface area contributed by atoms with E-state index in [0.717, 1.165) is 6.54 Å². The first-order valence-electron chi connectivity index (χ1n) is 6.97. The second-order valence-electron chi connectivity index (χ2n) is 5.14. The third-order valence-electron chi connectivity index (χ3n) is 3.20. The van der Waals surface area contributed by atoms with E-state index in [2.05, 4.69) is 36.8 Å². The largest absolute Gasteiger partial charge is 0.495 e. The number of rotatable bonds is 7. The fraction of sp³-hybridized carbons (Fsp3) is 0.312. The van der Waals surface area contributed by atoms with Crippen LogP contribution in [0.1, 0.15) is 16.1 Å². The molecular formula is C16H18Br2N2O3. The molecule has 124 valence electrons. The van der Waals surface area contributed by atoms with E-state index < -0.39 is 0 Å². The highest BCUT2D eigenvalue weighted by atomic mass is 79.9. The van der Waals surface area contributed by atoms with Gasteiger partial charge in [-0.25, -0.2) is 0 Å². The molecule has 0 spiro atoms. The Balaban J connectivity index is 2.49. The van der Waals surface area contributed by atoms with Crippen molar-refractivity contribution < 1.29 is 14.3 Å². The highest BCUT2D eigenvalue weighted by Gasteiger charge is 2.25. The van der Waals surface area contributed by atoms with Crippen molar-refractivity contribution in [1.29, 1.82) is 0 Å². The number of ketones is 1. The number of halogens is 2. The molecule has 0 aliphatic carbocycles. The van der Waals surface area contributed by atoms with Crippen LogP contribution in [-0.2, 0) is 0 Å². The zero-order valence-electron chi connectivity index (χ0n) is 13.2. The van der Waals surface area contributed by atoms with E-state index in [-0.39, 0.29) is 5.78 Å². The van der Waals surface area contributed by atoms with E-state index in [1.54, 1.807) is 18.3 Å². The molecule has 5 nitrogen and oxygen atoms in total. The molecule has 2 rings (SSSR count). The second-order valence-corrected chi connectivity index (χ2v) is 6.85. The summed E-state index contributed by atoms with van der Waals surface area (Å²) in [6, 6.07) is 5.31. The lowest BCUT2D eigenvalue weighted by molar-refractivity contribution is 0.102. The monoisotopic (exact) mass is 444 g/mol. The van der Waals surface area contributed by atoms with Gasteiger partial charge in [0.1, 0.15) is 23.7 Å². The van der Waals surface area contributed by atoms with Gasteiger partial charge in [-0.05, 0) is 64.2 Å². The standard InChI is InChI=1S/C16H18Br2N2O3/c1-20(2)7-8-23-16-11(18)9-10(17)15(22-3)13(16)14(21)12-5-4-6-19-12/h4-6,9,19H,7-8H2,1-3H3. The highest BCUT2D eigenvalue weighted by molar-refractivity contribution is 9.11. The Morgan fingerprint density at radius 2 is 1.96 bits per heavy atom. The third-order valence-corrected chi connectivity index (χ3v) is 4.38. The number of hydrogen-bond donors (Lipinski definition) is 1. The molecule has 0 bridgehead atoms. The molecule has 1 aromatic carbocycles. The highest BCUT2D eigenvalue weighted by Crippen LogP contribution is 2.42. The van der Waals surface area contributed by atoms with Gasteiger partial charge in [0.25, 0.3) is 0 Å². The summed E-state index contributed by atoms with van der Waals surface area (Å²) in [5.41, 5.74) is 0.862. The summed E-state index contributed by atoms with van der Waals surface area (Å²) in [4.78, 5) is 17.8. The van der Waals surface area contributed by atoms with Gasteiger partial charge < -0.3 is 19.4 Å². The Kier molecular flexibility index (Phi) is 6.26. The lowest BCUT2D eigenvalue weighted by Crippen LogP contribution is -2.20. The summed E-state index contributed by atoms with van der Waals surface area (Å²) in [5, 5.41) is 0. The Hall–Kier alpha value is -1.31. The van der Waals surface area contributed by atoms with Crippen molar-refractivity contribution in [2.24, 2.45) is 0 Å². The fourth-order valence-electron chi connectivity index (χ4n) is 2.07. The molecule has 0 atom stereocenters. The smallest absolute Gasteiger partial charge is 0.216 e. The summed E-state index contributed by atoms with van der Waals surface area (Å²) in [6.07, 6.45) is 1.71. The van der Waals surface area contributed by atoms with Crippen LogP contribution in [0.25, 0.3) is 0 Å². The molecule has 2 aromatic rings. The van der Waals surface area contributed by atoms with E-state index in [4.69, 9.17) is 9.47 Å². The number of aromatic amines is 1. The number of carbonyl (C=O) groups excluding carboxylic acids is 1. The average molecular weight is 446 g/mol. The Bertz CT molecular complexity index is 685. The second kappa shape index (κ2) is 7.99. The van der Waals surface area contributed by atoms with E-state index in [1.165, 1.54) is 7.11 Å². The van der Waals surface area contributed by atoms with E-state index >= 15 is 0 Å². The molecule has 0 unspecified atom stereocenters. The number of ether oxygens (including phenoxy) is 2. The van der Waals surface area contributed by atoms with Gasteiger partial charge in [0.15, 0.2) is 0 Å². The summed E-state index contributed by atoms with van der Waals surface area (Å²) in [5.74, 6) is 0.743. The Morgan fingerprint density at radius 3 is 2.52 bits per heavy atom. The average Bonchev–Trinajstić information content (AvgIpc) is 3.02. The molecule has 0 saturated carbocycles. The first-order valence-corrected chi connectivity index (χ1v) is 8.56. The molecule has 0 saturated heterocycles. The molecule has 7 heteroatoms. The number of carbonyl (C=O) groups is 1. The van der Waals surface area contributed by atoms with Gasteiger partial charge in [-0.15, -0.1) is 0 Å². The third kappa shape index (κ3) is 4.16. The van der Waals surface area contributed by atoms with Crippen molar-refractivity contribution in [1.82, 2.24) is 9.88 Å². The van der Waals surface area contributed by atoms with Crippen molar-refractivity contribution in [2.45, 2.75) is 0 Å². The van der Waals surface area contributed by atoms with Gasteiger partial charge >= 0.3 is 0 Å². The summed E-state index contributed by atoms with van der Waals surface area (Å²) in [7, 11) is 5.46. The number of hydrogen-bond acceptors (Lipinski definition) is 4. The predicted molar refractivity (Wildman–Crippen MR) is 96.7 cm³/mol. The van der Waals surface area contributed by atoms with Crippen molar-refractivity contribution in [3.05, 3.63) is 44.6 Å². The molecule has 1 aromatic heterocycles. The number of nitrogens with zero attached hydrogens (tertiary/aromatic N) is 1. The minimum absolute atomic E-state index is 0.186. The maximum absolute atomic E-state index is 12.9. The Labute approximate surface area is 152 Å². The molecule has 1 N–H and O–H groups in total. The molecule has 0 amide bonds. The number of methoxy groups -OCH3 is 1. The maximum Gasteiger partial charge on any atom is 0.216 e. The maximum atomic E-state index is 12.9. The zero-order valence-corrected chi connectivity index (χ0v) is 16.3. The predicted octanol–water partition coefficient (Wildman–Crippen LogP) is 3.72. The van der Waals surface area contributed by atoms with Crippen molar-refractivity contribution in [3.63, 3.8) is 0 Å². The van der Waals surface area contributed by atoms with Gasteiger partial charge in [0.05, 0.1) is 21.7 Å². The van der Waals surface area contributed by atoms with Crippen molar-refractivity contribution >= 4 is 37.6 Å². The van der Waals surface area contributed by atoms with Gasteiger partial charge in [-0.1, -0.05) is 0 Å². The topological polar surface area (TPSA) is 54.6 Å². The minimum Gasteiger partial charge on any atom is -0.495 e. The SMILES string of the molecule is COc1c(Br)cc(Br)c(OCCN(C)C)c1C(=O)c1ccc[nH]1. The van der Waals surface area contributed by atoms with E-state index in [0.29, 0.717) is 38.3 Å². The number of benzene rings is 1. The van der Waals surface area contributed by atoms with Crippen molar-refractivity contribution in [3.8, 4) is 11.5 Å². The van der Waals surface area contributed by atoms with Gasteiger partial charge in [-0.2, -0.15) is 0 Å².